The second kappa shape index (κ2) is 4.37. The van der Waals surface area contributed by atoms with Crippen molar-refractivity contribution in [2.24, 2.45) is 0 Å². The number of aliphatic hydroxyl groups excluding tert-OH is 1. The minimum Gasteiger partial charge on any atom is -0.512 e. The second-order valence-electron chi connectivity index (χ2n) is 3.90. The fourth-order valence-electron chi connectivity index (χ4n) is 1.90. The quantitative estimate of drug-likeness (QED) is 0.628. The van der Waals surface area contributed by atoms with Crippen molar-refractivity contribution in [1.82, 2.24) is 0 Å². The van der Waals surface area contributed by atoms with Gasteiger partial charge in [-0.15, -0.1) is 0 Å². The van der Waals surface area contributed by atoms with Gasteiger partial charge in [0.05, 0.1) is 10.5 Å². The first kappa shape index (κ1) is 11.3. The highest BCUT2D eigenvalue weighted by Crippen LogP contribution is 2.29. The molecule has 0 atom stereocenters. The van der Waals surface area contributed by atoms with Gasteiger partial charge >= 0.3 is 0 Å². The summed E-state index contributed by atoms with van der Waals surface area (Å²) in [6, 6.07) is 5.65. The number of allylic oxidation sites excluding steroid dienone is 2. The molecular weight excluding hydrogens is 222 g/mol. The molecule has 1 aliphatic rings. The zero-order chi connectivity index (χ0) is 12.4. The number of rotatable bonds is 2. The average Bonchev–Trinajstić information content (AvgIpc) is 2.29. The van der Waals surface area contributed by atoms with Crippen molar-refractivity contribution in [3.05, 3.63) is 45.7 Å². The molecule has 0 spiro atoms. The Hall–Kier alpha value is -2.17. The summed E-state index contributed by atoms with van der Waals surface area (Å²) in [5, 5.41) is 20.2. The Morgan fingerprint density at radius 1 is 1.18 bits per heavy atom. The molecule has 88 valence electrons. The third kappa shape index (κ3) is 2.18. The van der Waals surface area contributed by atoms with Gasteiger partial charge in [-0.3, -0.25) is 14.9 Å². The Bertz CT molecular complexity index is 502. The summed E-state index contributed by atoms with van der Waals surface area (Å²) < 4.78 is 0. The van der Waals surface area contributed by atoms with Crippen molar-refractivity contribution in [3.8, 4) is 0 Å². The summed E-state index contributed by atoms with van der Waals surface area (Å²) in [5.41, 5.74) is 0.807. The number of nitro benzene ring substituents is 1. The van der Waals surface area contributed by atoms with E-state index >= 15 is 0 Å². The van der Waals surface area contributed by atoms with Gasteiger partial charge in [-0.05, 0) is 24.1 Å². The Kier molecular flexibility index (Phi) is 2.91. The van der Waals surface area contributed by atoms with Crippen LogP contribution in [-0.4, -0.2) is 15.8 Å². The zero-order valence-electron chi connectivity index (χ0n) is 9.05. The molecule has 0 saturated carbocycles. The van der Waals surface area contributed by atoms with Crippen molar-refractivity contribution < 1.29 is 14.8 Å². The molecule has 0 unspecified atom stereocenters. The van der Waals surface area contributed by atoms with E-state index < -0.39 is 4.92 Å². The predicted octanol–water partition coefficient (Wildman–Crippen LogP) is 2.62. The lowest BCUT2D eigenvalue weighted by atomic mass is 9.91. The van der Waals surface area contributed by atoms with Crippen molar-refractivity contribution in [2.45, 2.75) is 19.3 Å². The van der Waals surface area contributed by atoms with E-state index in [0.29, 0.717) is 30.4 Å². The maximum Gasteiger partial charge on any atom is 0.269 e. The highest BCUT2D eigenvalue weighted by Gasteiger charge is 2.22. The summed E-state index contributed by atoms with van der Waals surface area (Å²) in [4.78, 5) is 21.7. The average molecular weight is 233 g/mol. The smallest absolute Gasteiger partial charge is 0.269 e. The zero-order valence-corrected chi connectivity index (χ0v) is 9.05. The molecular formula is C12H11NO4. The number of nitro groups is 1. The molecule has 17 heavy (non-hydrogen) atoms. The topological polar surface area (TPSA) is 80.4 Å². The van der Waals surface area contributed by atoms with Gasteiger partial charge in [-0.2, -0.15) is 0 Å². The molecule has 0 aromatic heterocycles. The number of nitrogens with zero attached hydrogens (tertiary/aromatic N) is 1. The SMILES string of the molecule is O=C1CCCC(O)=C1c1ccc([N+](=O)[O-])cc1. The van der Waals surface area contributed by atoms with Gasteiger partial charge in [0, 0.05) is 25.0 Å². The van der Waals surface area contributed by atoms with Crippen LogP contribution in [0.4, 0.5) is 5.69 Å². The summed E-state index contributed by atoms with van der Waals surface area (Å²) >= 11 is 0. The van der Waals surface area contributed by atoms with Gasteiger partial charge in [-0.25, -0.2) is 0 Å². The number of aliphatic hydroxyl groups is 1. The van der Waals surface area contributed by atoms with Gasteiger partial charge in [-0.1, -0.05) is 0 Å². The van der Waals surface area contributed by atoms with Gasteiger partial charge < -0.3 is 5.11 Å². The minimum absolute atomic E-state index is 0.0305. The van der Waals surface area contributed by atoms with Gasteiger partial charge in [0.1, 0.15) is 5.76 Å². The molecule has 2 rings (SSSR count). The molecule has 1 aliphatic carbocycles. The number of ketones is 1. The largest absolute Gasteiger partial charge is 0.512 e. The maximum atomic E-state index is 11.7. The summed E-state index contributed by atoms with van der Waals surface area (Å²) in [7, 11) is 0. The molecule has 0 saturated heterocycles. The number of carbonyl (C=O) groups excluding carboxylic acids is 1. The van der Waals surface area contributed by atoms with E-state index in [-0.39, 0.29) is 17.2 Å². The summed E-state index contributed by atoms with van der Waals surface area (Å²) in [6.07, 6.45) is 1.55. The lowest BCUT2D eigenvalue weighted by Crippen LogP contribution is -2.10. The van der Waals surface area contributed by atoms with E-state index in [4.69, 9.17) is 0 Å². The molecule has 0 aliphatic heterocycles. The van der Waals surface area contributed by atoms with Crippen LogP contribution in [0.2, 0.25) is 0 Å². The van der Waals surface area contributed by atoms with Crippen LogP contribution in [0.1, 0.15) is 24.8 Å². The molecule has 0 fully saturated rings. The van der Waals surface area contributed by atoms with E-state index in [1.807, 2.05) is 0 Å². The normalized spacial score (nSPS) is 16.1. The minimum atomic E-state index is -0.499. The fraction of sp³-hybridized carbons (Fsp3) is 0.250. The molecule has 1 aromatic carbocycles. The van der Waals surface area contributed by atoms with Crippen LogP contribution >= 0.6 is 0 Å². The number of benzene rings is 1. The molecule has 0 amide bonds. The van der Waals surface area contributed by atoms with E-state index in [1.54, 1.807) is 0 Å². The van der Waals surface area contributed by atoms with E-state index in [0.717, 1.165) is 0 Å². The molecule has 0 radical (unpaired) electrons. The first-order valence-corrected chi connectivity index (χ1v) is 5.29. The lowest BCUT2D eigenvalue weighted by molar-refractivity contribution is -0.384. The van der Waals surface area contributed by atoms with Crippen LogP contribution in [-0.2, 0) is 4.79 Å². The van der Waals surface area contributed by atoms with Crippen LogP contribution < -0.4 is 0 Å². The van der Waals surface area contributed by atoms with Gasteiger partial charge in [0.25, 0.3) is 5.69 Å². The van der Waals surface area contributed by atoms with E-state index in [2.05, 4.69) is 0 Å². The Labute approximate surface area is 97.5 Å². The molecule has 1 N–H and O–H groups in total. The number of hydrogen-bond donors (Lipinski definition) is 1. The number of carbonyl (C=O) groups is 1. The van der Waals surface area contributed by atoms with Crippen LogP contribution in [0.5, 0.6) is 0 Å². The molecule has 5 nitrogen and oxygen atoms in total. The molecule has 5 heteroatoms. The van der Waals surface area contributed by atoms with Crippen molar-refractivity contribution in [1.29, 1.82) is 0 Å². The first-order valence-electron chi connectivity index (χ1n) is 5.29. The summed E-state index contributed by atoms with van der Waals surface area (Å²) in [5.74, 6) is -0.0299. The second-order valence-corrected chi connectivity index (χ2v) is 3.90. The van der Waals surface area contributed by atoms with Crippen LogP contribution in [0.15, 0.2) is 30.0 Å². The molecule has 1 aromatic rings. The number of non-ortho nitro benzene ring substituents is 1. The summed E-state index contributed by atoms with van der Waals surface area (Å²) in [6.45, 7) is 0. The Morgan fingerprint density at radius 3 is 2.35 bits per heavy atom. The van der Waals surface area contributed by atoms with Gasteiger partial charge in [0.2, 0.25) is 0 Å². The van der Waals surface area contributed by atoms with Crippen LogP contribution in [0.3, 0.4) is 0 Å². The van der Waals surface area contributed by atoms with Crippen molar-refractivity contribution >= 4 is 17.0 Å². The first-order chi connectivity index (χ1) is 8.09. The number of hydrogen-bond acceptors (Lipinski definition) is 4. The number of Topliss-reactive ketones (excluding diaryl/α,β-unsaturated/α-hetero) is 1. The van der Waals surface area contributed by atoms with Crippen LogP contribution in [0, 0.1) is 10.1 Å². The van der Waals surface area contributed by atoms with Crippen LogP contribution in [0.25, 0.3) is 5.57 Å². The highest BCUT2D eigenvalue weighted by atomic mass is 16.6. The lowest BCUT2D eigenvalue weighted by Gasteiger charge is -2.14. The third-order valence-corrected chi connectivity index (χ3v) is 2.75. The highest BCUT2D eigenvalue weighted by molar-refractivity contribution is 6.21. The standard InChI is InChI=1S/C12H11NO4/c14-10-2-1-3-11(15)12(10)8-4-6-9(7-5-8)13(16)17/h4-7,14H,1-3H2. The van der Waals surface area contributed by atoms with E-state index in [9.17, 15) is 20.0 Å². The third-order valence-electron chi connectivity index (χ3n) is 2.75. The molecule has 0 bridgehead atoms. The predicted molar refractivity (Wildman–Crippen MR) is 61.5 cm³/mol. The van der Waals surface area contributed by atoms with Gasteiger partial charge in [0.15, 0.2) is 5.78 Å². The maximum absolute atomic E-state index is 11.7. The van der Waals surface area contributed by atoms with Crippen molar-refractivity contribution in [2.75, 3.05) is 0 Å². The van der Waals surface area contributed by atoms with Crippen molar-refractivity contribution in [3.63, 3.8) is 0 Å². The Morgan fingerprint density at radius 2 is 1.82 bits per heavy atom. The monoisotopic (exact) mass is 233 g/mol. The fourth-order valence-corrected chi connectivity index (χ4v) is 1.90. The Balaban J connectivity index is 2.40. The van der Waals surface area contributed by atoms with E-state index in [1.165, 1.54) is 24.3 Å². The molecule has 0 heterocycles.